The highest BCUT2D eigenvalue weighted by Crippen LogP contribution is 2.22. The van der Waals surface area contributed by atoms with Crippen molar-refractivity contribution >= 4 is 11.3 Å². The van der Waals surface area contributed by atoms with Crippen LogP contribution in [0.25, 0.3) is 0 Å². The molecule has 0 saturated heterocycles. The highest BCUT2D eigenvalue weighted by Gasteiger charge is 2.12. The van der Waals surface area contributed by atoms with Crippen LogP contribution in [0, 0.1) is 19.7 Å². The molecule has 1 heterocycles. The zero-order chi connectivity index (χ0) is 13.8. The maximum absolute atomic E-state index is 12.8. The van der Waals surface area contributed by atoms with E-state index < -0.39 is 0 Å². The second kappa shape index (κ2) is 6.26. The van der Waals surface area contributed by atoms with Gasteiger partial charge < -0.3 is 5.32 Å². The Bertz CT molecular complexity index is 534. The average molecular weight is 278 g/mol. The summed E-state index contributed by atoms with van der Waals surface area (Å²) in [7, 11) is 0. The third-order valence-electron chi connectivity index (χ3n) is 3.13. The Hall–Kier alpha value is -1.26. The van der Waals surface area contributed by atoms with E-state index in [0.29, 0.717) is 0 Å². The van der Waals surface area contributed by atoms with Crippen molar-refractivity contribution < 1.29 is 4.39 Å². The van der Waals surface area contributed by atoms with Crippen LogP contribution in [0.5, 0.6) is 0 Å². The topological polar surface area (TPSA) is 24.9 Å². The van der Waals surface area contributed by atoms with Crippen molar-refractivity contribution in [1.82, 2.24) is 10.3 Å². The summed E-state index contributed by atoms with van der Waals surface area (Å²) in [5.74, 6) is -0.182. The summed E-state index contributed by atoms with van der Waals surface area (Å²) in [5.41, 5.74) is 2.29. The van der Waals surface area contributed by atoms with Gasteiger partial charge in [0.05, 0.1) is 10.7 Å². The first-order valence-electron chi connectivity index (χ1n) is 6.48. The fourth-order valence-corrected chi connectivity index (χ4v) is 3.04. The molecule has 0 bridgehead atoms. The van der Waals surface area contributed by atoms with Gasteiger partial charge in [0.1, 0.15) is 5.82 Å². The molecule has 0 spiro atoms. The van der Waals surface area contributed by atoms with Crippen LogP contribution in [-0.4, -0.2) is 11.5 Å². The first-order valence-corrected chi connectivity index (χ1v) is 7.29. The van der Waals surface area contributed by atoms with Gasteiger partial charge in [-0.1, -0.05) is 12.1 Å². The summed E-state index contributed by atoms with van der Waals surface area (Å²) in [5, 5.41) is 4.58. The average Bonchev–Trinajstić information content (AvgIpc) is 2.71. The van der Waals surface area contributed by atoms with Crippen LogP contribution in [0.1, 0.15) is 34.1 Å². The number of halogens is 1. The maximum Gasteiger partial charge on any atom is 0.123 e. The van der Waals surface area contributed by atoms with Crippen LogP contribution in [0.2, 0.25) is 0 Å². The molecule has 19 heavy (non-hydrogen) atoms. The molecule has 0 aliphatic rings. The highest BCUT2D eigenvalue weighted by atomic mass is 32.1. The number of benzene rings is 1. The Morgan fingerprint density at radius 1 is 1.26 bits per heavy atom. The van der Waals surface area contributed by atoms with Gasteiger partial charge in [0.2, 0.25) is 0 Å². The fraction of sp³-hybridized carbons (Fsp3) is 0.400. The Morgan fingerprint density at radius 2 is 1.95 bits per heavy atom. The van der Waals surface area contributed by atoms with Gasteiger partial charge in [-0.2, -0.15) is 0 Å². The number of rotatable bonds is 5. The third-order valence-corrected chi connectivity index (χ3v) is 4.03. The van der Waals surface area contributed by atoms with Crippen LogP contribution in [0.4, 0.5) is 4.39 Å². The number of nitrogens with zero attached hydrogens (tertiary/aromatic N) is 1. The standard InChI is InChI=1S/C15H19FN2S/c1-10(15-11(2)19-12(3)18-15)17-9-8-13-4-6-14(16)7-5-13/h4-7,10,17H,8-9H2,1-3H3. The van der Waals surface area contributed by atoms with Crippen molar-refractivity contribution in [1.29, 1.82) is 0 Å². The van der Waals surface area contributed by atoms with Gasteiger partial charge >= 0.3 is 0 Å². The molecule has 0 fully saturated rings. The Morgan fingerprint density at radius 3 is 2.53 bits per heavy atom. The lowest BCUT2D eigenvalue weighted by Crippen LogP contribution is -2.22. The molecule has 1 N–H and O–H groups in total. The van der Waals surface area contributed by atoms with Crippen molar-refractivity contribution in [2.24, 2.45) is 0 Å². The van der Waals surface area contributed by atoms with E-state index >= 15 is 0 Å². The summed E-state index contributed by atoms with van der Waals surface area (Å²) in [6.07, 6.45) is 0.896. The Labute approximate surface area is 117 Å². The Kier molecular flexibility index (Phi) is 4.66. The van der Waals surface area contributed by atoms with Crippen molar-refractivity contribution in [2.75, 3.05) is 6.54 Å². The number of hydrogen-bond acceptors (Lipinski definition) is 3. The smallest absolute Gasteiger partial charge is 0.123 e. The second-order valence-electron chi connectivity index (χ2n) is 4.73. The van der Waals surface area contributed by atoms with Gasteiger partial charge in [0, 0.05) is 10.9 Å². The molecule has 0 aliphatic heterocycles. The van der Waals surface area contributed by atoms with E-state index in [1.807, 2.05) is 19.1 Å². The van der Waals surface area contributed by atoms with Gasteiger partial charge in [-0.15, -0.1) is 11.3 Å². The molecule has 1 aromatic heterocycles. The van der Waals surface area contributed by atoms with Crippen molar-refractivity contribution in [3.63, 3.8) is 0 Å². The van der Waals surface area contributed by atoms with E-state index in [0.717, 1.165) is 29.2 Å². The van der Waals surface area contributed by atoms with Gasteiger partial charge in [-0.25, -0.2) is 9.37 Å². The molecular formula is C15H19FN2S. The van der Waals surface area contributed by atoms with Crippen LogP contribution in [0.3, 0.4) is 0 Å². The van der Waals surface area contributed by atoms with E-state index in [1.165, 1.54) is 17.0 Å². The van der Waals surface area contributed by atoms with Gasteiger partial charge in [0.15, 0.2) is 0 Å². The normalized spacial score (nSPS) is 12.6. The number of thiazole rings is 1. The third kappa shape index (κ3) is 3.85. The lowest BCUT2D eigenvalue weighted by molar-refractivity contribution is 0.563. The van der Waals surface area contributed by atoms with Crippen molar-refractivity contribution in [3.8, 4) is 0 Å². The number of aryl methyl sites for hydroxylation is 2. The van der Waals surface area contributed by atoms with Crippen LogP contribution in [0.15, 0.2) is 24.3 Å². The molecule has 1 atom stereocenters. The minimum atomic E-state index is -0.182. The summed E-state index contributed by atoms with van der Waals surface area (Å²) in [4.78, 5) is 5.83. The quantitative estimate of drug-likeness (QED) is 0.900. The lowest BCUT2D eigenvalue weighted by atomic mass is 10.1. The summed E-state index contributed by atoms with van der Waals surface area (Å²) >= 11 is 1.74. The number of aromatic nitrogens is 1. The second-order valence-corrected chi connectivity index (χ2v) is 6.13. The molecule has 2 nitrogen and oxygen atoms in total. The largest absolute Gasteiger partial charge is 0.308 e. The molecule has 1 unspecified atom stereocenters. The molecule has 2 aromatic rings. The first-order chi connectivity index (χ1) is 9.06. The van der Waals surface area contributed by atoms with Gasteiger partial charge in [-0.3, -0.25) is 0 Å². The number of hydrogen-bond donors (Lipinski definition) is 1. The SMILES string of the molecule is Cc1nc(C(C)NCCc2ccc(F)cc2)c(C)s1. The summed E-state index contributed by atoms with van der Waals surface area (Å²) < 4.78 is 12.8. The monoisotopic (exact) mass is 278 g/mol. The molecule has 0 amide bonds. The van der Waals surface area contributed by atoms with E-state index in [1.54, 1.807) is 11.3 Å². The Balaban J connectivity index is 1.85. The molecule has 0 saturated carbocycles. The zero-order valence-corrected chi connectivity index (χ0v) is 12.4. The predicted molar refractivity (Wildman–Crippen MR) is 78.1 cm³/mol. The van der Waals surface area contributed by atoms with E-state index in [4.69, 9.17) is 0 Å². The first kappa shape index (κ1) is 14.2. The molecule has 102 valence electrons. The molecule has 1 aromatic carbocycles. The van der Waals surface area contributed by atoms with Crippen LogP contribution < -0.4 is 5.32 Å². The molecular weight excluding hydrogens is 259 g/mol. The van der Waals surface area contributed by atoms with Gasteiger partial charge in [-0.05, 0) is 51.4 Å². The van der Waals surface area contributed by atoms with Crippen LogP contribution >= 0.6 is 11.3 Å². The van der Waals surface area contributed by atoms with Crippen molar-refractivity contribution in [3.05, 3.63) is 51.2 Å². The van der Waals surface area contributed by atoms with E-state index in [2.05, 4.69) is 24.1 Å². The van der Waals surface area contributed by atoms with E-state index in [9.17, 15) is 4.39 Å². The van der Waals surface area contributed by atoms with Crippen molar-refractivity contribution in [2.45, 2.75) is 33.2 Å². The molecule has 4 heteroatoms. The summed E-state index contributed by atoms with van der Waals surface area (Å²) in [6, 6.07) is 6.93. The minimum Gasteiger partial charge on any atom is -0.308 e. The zero-order valence-electron chi connectivity index (χ0n) is 11.5. The maximum atomic E-state index is 12.8. The minimum absolute atomic E-state index is 0.182. The van der Waals surface area contributed by atoms with Gasteiger partial charge in [0.25, 0.3) is 0 Å². The highest BCUT2D eigenvalue weighted by molar-refractivity contribution is 7.11. The van der Waals surface area contributed by atoms with E-state index in [-0.39, 0.29) is 11.9 Å². The molecule has 0 aliphatic carbocycles. The lowest BCUT2D eigenvalue weighted by Gasteiger charge is -2.12. The predicted octanol–water partition coefficient (Wildman–Crippen LogP) is 3.79. The molecule has 0 radical (unpaired) electrons. The van der Waals surface area contributed by atoms with Crippen LogP contribution in [-0.2, 0) is 6.42 Å². The number of nitrogens with one attached hydrogen (secondary N) is 1. The fourth-order valence-electron chi connectivity index (χ4n) is 2.13. The molecule has 2 rings (SSSR count). The summed E-state index contributed by atoms with van der Waals surface area (Å²) in [6.45, 7) is 7.14.